The summed E-state index contributed by atoms with van der Waals surface area (Å²) in [7, 11) is 0. The quantitative estimate of drug-likeness (QED) is 0.860. The number of pyridine rings is 1. The predicted molar refractivity (Wildman–Crippen MR) is 77.7 cm³/mol. The zero-order valence-corrected chi connectivity index (χ0v) is 11.5. The van der Waals surface area contributed by atoms with Crippen LogP contribution in [0.5, 0.6) is 0 Å². The largest absolute Gasteiger partial charge is 0.392 e. The first-order chi connectivity index (χ1) is 8.75. The van der Waals surface area contributed by atoms with Crippen molar-refractivity contribution in [2.45, 2.75) is 49.9 Å². The summed E-state index contributed by atoms with van der Waals surface area (Å²) >= 11 is 1.92. The number of thioether (sulfide) groups is 1. The van der Waals surface area contributed by atoms with Gasteiger partial charge in [0.1, 0.15) is 5.82 Å². The third-order valence-electron chi connectivity index (χ3n) is 3.46. The van der Waals surface area contributed by atoms with Crippen molar-refractivity contribution in [2.75, 3.05) is 11.5 Å². The Morgan fingerprint density at radius 2 is 2.17 bits per heavy atom. The number of rotatable bonds is 5. The van der Waals surface area contributed by atoms with Gasteiger partial charge >= 0.3 is 0 Å². The maximum absolute atomic E-state index is 10.1. The van der Waals surface area contributed by atoms with E-state index in [1.807, 2.05) is 23.9 Å². The van der Waals surface area contributed by atoms with Gasteiger partial charge in [0.15, 0.2) is 0 Å². The minimum absolute atomic E-state index is 0.316. The highest BCUT2D eigenvalue weighted by Crippen LogP contribution is 2.29. The molecule has 100 valence electrons. The first-order valence-electron chi connectivity index (χ1n) is 6.74. The summed E-state index contributed by atoms with van der Waals surface area (Å²) in [6.45, 7) is 0. The SMILES string of the molecule is Nc1ncccc1CC(O)CSC1CCCCC1. The van der Waals surface area contributed by atoms with Crippen LogP contribution in [0.1, 0.15) is 37.7 Å². The summed E-state index contributed by atoms with van der Waals surface area (Å²) in [4.78, 5) is 4.04. The molecule has 1 atom stereocenters. The van der Waals surface area contributed by atoms with Crippen molar-refractivity contribution < 1.29 is 5.11 Å². The van der Waals surface area contributed by atoms with E-state index in [1.165, 1.54) is 32.1 Å². The third kappa shape index (κ3) is 4.18. The van der Waals surface area contributed by atoms with Gasteiger partial charge < -0.3 is 10.8 Å². The Morgan fingerprint density at radius 3 is 2.89 bits per heavy atom. The van der Waals surface area contributed by atoms with E-state index in [2.05, 4.69) is 4.98 Å². The van der Waals surface area contributed by atoms with Gasteiger partial charge in [-0.2, -0.15) is 11.8 Å². The van der Waals surface area contributed by atoms with Crippen LogP contribution in [0.4, 0.5) is 5.82 Å². The van der Waals surface area contributed by atoms with Crippen molar-refractivity contribution in [2.24, 2.45) is 0 Å². The highest BCUT2D eigenvalue weighted by Gasteiger charge is 2.16. The Balaban J connectivity index is 1.74. The predicted octanol–water partition coefficient (Wildman–Crippen LogP) is 2.63. The second kappa shape index (κ2) is 7.00. The highest BCUT2D eigenvalue weighted by atomic mass is 32.2. The van der Waals surface area contributed by atoms with Crippen molar-refractivity contribution in [1.29, 1.82) is 0 Å². The van der Waals surface area contributed by atoms with E-state index >= 15 is 0 Å². The molecule has 0 bridgehead atoms. The summed E-state index contributed by atoms with van der Waals surface area (Å²) < 4.78 is 0. The standard InChI is InChI=1S/C14H22N2OS/c15-14-11(5-4-8-16-14)9-12(17)10-18-13-6-2-1-3-7-13/h4-5,8,12-13,17H,1-3,6-7,9-10H2,(H2,15,16). The molecule has 18 heavy (non-hydrogen) atoms. The summed E-state index contributed by atoms with van der Waals surface area (Å²) in [6, 6.07) is 3.81. The molecule has 3 nitrogen and oxygen atoms in total. The molecule has 1 aliphatic rings. The van der Waals surface area contributed by atoms with Crippen LogP contribution in [0.15, 0.2) is 18.3 Å². The first kappa shape index (κ1) is 13.7. The van der Waals surface area contributed by atoms with Crippen LogP contribution in [-0.2, 0) is 6.42 Å². The Kier molecular flexibility index (Phi) is 5.32. The molecule has 1 saturated carbocycles. The molecule has 0 amide bonds. The van der Waals surface area contributed by atoms with Crippen molar-refractivity contribution in [3.63, 3.8) is 0 Å². The number of hydrogen-bond donors (Lipinski definition) is 2. The van der Waals surface area contributed by atoms with Crippen molar-refractivity contribution in [3.05, 3.63) is 23.9 Å². The average molecular weight is 266 g/mol. The Labute approximate surface area is 113 Å². The molecule has 3 N–H and O–H groups in total. The minimum Gasteiger partial charge on any atom is -0.392 e. The number of nitrogen functional groups attached to an aromatic ring is 1. The molecule has 1 fully saturated rings. The summed E-state index contributed by atoms with van der Waals surface area (Å²) in [5.41, 5.74) is 6.73. The van der Waals surface area contributed by atoms with Crippen LogP contribution in [0.3, 0.4) is 0 Å². The summed E-state index contributed by atoms with van der Waals surface area (Å²) in [6.07, 6.45) is 8.68. The molecule has 0 saturated heterocycles. The van der Waals surface area contributed by atoms with E-state index in [9.17, 15) is 5.11 Å². The number of aliphatic hydroxyl groups excluding tert-OH is 1. The number of aromatic nitrogens is 1. The Morgan fingerprint density at radius 1 is 1.39 bits per heavy atom. The van der Waals surface area contributed by atoms with Gasteiger partial charge in [0.05, 0.1) is 6.10 Å². The lowest BCUT2D eigenvalue weighted by Crippen LogP contribution is -2.18. The van der Waals surface area contributed by atoms with Crippen LogP contribution in [0.2, 0.25) is 0 Å². The molecular formula is C14H22N2OS. The van der Waals surface area contributed by atoms with Gasteiger partial charge in [-0.25, -0.2) is 4.98 Å². The Hall–Kier alpha value is -0.740. The number of aliphatic hydroxyl groups is 1. The second-order valence-electron chi connectivity index (χ2n) is 5.00. The molecule has 0 aliphatic heterocycles. The van der Waals surface area contributed by atoms with Crippen LogP contribution >= 0.6 is 11.8 Å². The van der Waals surface area contributed by atoms with Gasteiger partial charge in [0.2, 0.25) is 0 Å². The van der Waals surface area contributed by atoms with Gasteiger partial charge in [-0.3, -0.25) is 0 Å². The molecule has 1 unspecified atom stereocenters. The maximum Gasteiger partial charge on any atom is 0.126 e. The summed E-state index contributed by atoms with van der Waals surface area (Å²) in [5.74, 6) is 1.35. The average Bonchev–Trinajstić information content (AvgIpc) is 2.40. The molecule has 1 aliphatic carbocycles. The number of hydrogen-bond acceptors (Lipinski definition) is 4. The van der Waals surface area contributed by atoms with Crippen LogP contribution in [-0.4, -0.2) is 27.2 Å². The molecule has 2 rings (SSSR count). The molecule has 1 aromatic heterocycles. The van der Waals surface area contributed by atoms with E-state index in [1.54, 1.807) is 6.20 Å². The van der Waals surface area contributed by atoms with E-state index in [-0.39, 0.29) is 6.10 Å². The lowest BCUT2D eigenvalue weighted by atomic mass is 10.0. The van der Waals surface area contributed by atoms with E-state index in [0.29, 0.717) is 12.2 Å². The molecule has 1 heterocycles. The van der Waals surface area contributed by atoms with Gasteiger partial charge in [0, 0.05) is 23.6 Å². The molecule has 4 heteroatoms. The fraction of sp³-hybridized carbons (Fsp3) is 0.643. The Bertz CT molecular complexity index is 367. The first-order valence-corrected chi connectivity index (χ1v) is 7.79. The monoisotopic (exact) mass is 266 g/mol. The van der Waals surface area contributed by atoms with Crippen LogP contribution in [0, 0.1) is 0 Å². The fourth-order valence-electron chi connectivity index (χ4n) is 2.42. The highest BCUT2D eigenvalue weighted by molar-refractivity contribution is 7.99. The van der Waals surface area contributed by atoms with Gasteiger partial charge in [0.25, 0.3) is 0 Å². The van der Waals surface area contributed by atoms with Crippen molar-refractivity contribution in [3.8, 4) is 0 Å². The van der Waals surface area contributed by atoms with Gasteiger partial charge in [-0.15, -0.1) is 0 Å². The van der Waals surface area contributed by atoms with Gasteiger partial charge in [-0.1, -0.05) is 25.3 Å². The molecular weight excluding hydrogens is 244 g/mol. The van der Waals surface area contributed by atoms with Gasteiger partial charge in [-0.05, 0) is 24.5 Å². The maximum atomic E-state index is 10.1. The zero-order chi connectivity index (χ0) is 12.8. The van der Waals surface area contributed by atoms with Crippen molar-refractivity contribution in [1.82, 2.24) is 4.98 Å². The lowest BCUT2D eigenvalue weighted by Gasteiger charge is -2.22. The summed E-state index contributed by atoms with van der Waals surface area (Å²) in [5, 5.41) is 10.8. The van der Waals surface area contributed by atoms with E-state index < -0.39 is 0 Å². The number of nitrogens with zero attached hydrogens (tertiary/aromatic N) is 1. The van der Waals surface area contributed by atoms with E-state index in [4.69, 9.17) is 5.73 Å². The molecule has 0 spiro atoms. The third-order valence-corrected chi connectivity index (χ3v) is 4.98. The molecule has 1 aromatic rings. The fourth-order valence-corrected chi connectivity index (χ4v) is 3.69. The van der Waals surface area contributed by atoms with E-state index in [0.717, 1.165) is 16.6 Å². The topological polar surface area (TPSA) is 59.1 Å². The van der Waals surface area contributed by atoms with Crippen molar-refractivity contribution >= 4 is 17.6 Å². The zero-order valence-electron chi connectivity index (χ0n) is 10.7. The molecule has 0 aromatic carbocycles. The minimum atomic E-state index is -0.316. The number of anilines is 1. The van der Waals surface area contributed by atoms with Crippen LogP contribution < -0.4 is 5.73 Å². The smallest absolute Gasteiger partial charge is 0.126 e. The lowest BCUT2D eigenvalue weighted by molar-refractivity contribution is 0.200. The normalized spacial score (nSPS) is 18.7. The number of nitrogens with two attached hydrogens (primary N) is 1. The van der Waals surface area contributed by atoms with Crippen LogP contribution in [0.25, 0.3) is 0 Å². The second-order valence-corrected chi connectivity index (χ2v) is 6.33. The molecule has 0 radical (unpaired) electrons.